The minimum atomic E-state index is -0.870. The van der Waals surface area contributed by atoms with E-state index in [1.54, 1.807) is 0 Å². The molecule has 3 aromatic rings. The van der Waals surface area contributed by atoms with Gasteiger partial charge in [-0.25, -0.2) is 9.59 Å². The maximum atomic E-state index is 12.3. The predicted octanol–water partition coefficient (Wildman–Crippen LogP) is 5.24. The van der Waals surface area contributed by atoms with E-state index in [9.17, 15) is 14.4 Å². The third kappa shape index (κ3) is 11.2. The molecule has 3 aromatic carbocycles. The van der Waals surface area contributed by atoms with Crippen LogP contribution in [-0.4, -0.2) is 56.9 Å². The van der Waals surface area contributed by atoms with Crippen molar-refractivity contribution in [3.05, 3.63) is 108 Å². The second-order valence-corrected chi connectivity index (χ2v) is 10.3. The van der Waals surface area contributed by atoms with E-state index in [-0.39, 0.29) is 31.0 Å². The first kappa shape index (κ1) is 33.8. The fourth-order valence-electron chi connectivity index (χ4n) is 4.68. The van der Waals surface area contributed by atoms with E-state index in [1.165, 1.54) is 5.56 Å². The van der Waals surface area contributed by atoms with Crippen LogP contribution in [0.25, 0.3) is 0 Å². The van der Waals surface area contributed by atoms with Gasteiger partial charge in [0.2, 0.25) is 0 Å². The summed E-state index contributed by atoms with van der Waals surface area (Å²) in [6.07, 6.45) is -0.702. The highest BCUT2D eigenvalue weighted by Gasteiger charge is 2.42. The topological polar surface area (TPSA) is 134 Å². The molecule has 0 aromatic heterocycles. The summed E-state index contributed by atoms with van der Waals surface area (Å²) in [6.45, 7) is 4.91. The molecule has 9 nitrogen and oxygen atoms in total. The Morgan fingerprint density at radius 2 is 1.26 bits per heavy atom. The Bertz CT molecular complexity index is 1210. The maximum Gasteiger partial charge on any atom is 0.404 e. The average molecular weight is 578 g/mol. The lowest BCUT2D eigenvalue weighted by atomic mass is 9.77. The zero-order valence-electron chi connectivity index (χ0n) is 24.9. The molecule has 2 amide bonds. The number of hydrogen-bond donors (Lipinski definition) is 2. The molecule has 4 N–H and O–H groups in total. The van der Waals surface area contributed by atoms with Gasteiger partial charge in [0.05, 0.1) is 5.92 Å². The van der Waals surface area contributed by atoms with Gasteiger partial charge in [-0.15, -0.1) is 0 Å². The van der Waals surface area contributed by atoms with Crippen molar-refractivity contribution >= 4 is 18.2 Å². The number of hydrogen-bond acceptors (Lipinski definition) is 7. The molecule has 0 spiro atoms. The zero-order chi connectivity index (χ0) is 31.0. The van der Waals surface area contributed by atoms with E-state index in [0.29, 0.717) is 12.8 Å². The van der Waals surface area contributed by atoms with Crippen molar-refractivity contribution < 1.29 is 28.6 Å². The summed E-state index contributed by atoms with van der Waals surface area (Å²) in [4.78, 5) is 35.6. The van der Waals surface area contributed by atoms with Gasteiger partial charge in [-0.2, -0.15) is 0 Å². The lowest BCUT2D eigenvalue weighted by Crippen LogP contribution is -2.44. The summed E-state index contributed by atoms with van der Waals surface area (Å²) in [5.41, 5.74) is 12.2. The van der Waals surface area contributed by atoms with Crippen molar-refractivity contribution in [2.24, 2.45) is 17.4 Å². The smallest absolute Gasteiger partial charge is 0.404 e. The number of primary amides is 2. The van der Waals surface area contributed by atoms with Gasteiger partial charge in [-0.1, -0.05) is 105 Å². The maximum absolute atomic E-state index is 12.3. The van der Waals surface area contributed by atoms with Gasteiger partial charge in [0.15, 0.2) is 0 Å². The minimum Gasteiger partial charge on any atom is -0.453 e. The Balaban J connectivity index is 0.000000317. The monoisotopic (exact) mass is 577 g/mol. The third-order valence-electron chi connectivity index (χ3n) is 6.72. The normalized spacial score (nSPS) is 12.8. The van der Waals surface area contributed by atoms with E-state index in [0.717, 1.165) is 17.7 Å². The van der Waals surface area contributed by atoms with E-state index in [1.807, 2.05) is 73.7 Å². The lowest BCUT2D eigenvalue weighted by Gasteiger charge is -2.40. The number of carbonyl (C=O) groups is 3. The fraction of sp³-hybridized carbons (Fsp3) is 0.364. The van der Waals surface area contributed by atoms with E-state index in [4.69, 9.17) is 25.7 Å². The lowest BCUT2D eigenvalue weighted by molar-refractivity contribution is -0.168. The molecule has 0 aliphatic heterocycles. The molecule has 0 heterocycles. The first-order chi connectivity index (χ1) is 20.1. The van der Waals surface area contributed by atoms with Gasteiger partial charge in [0, 0.05) is 25.3 Å². The van der Waals surface area contributed by atoms with Crippen molar-refractivity contribution in [3.8, 4) is 0 Å². The van der Waals surface area contributed by atoms with Crippen LogP contribution in [0, 0.1) is 5.92 Å². The summed E-state index contributed by atoms with van der Waals surface area (Å²) >= 11 is 0. The Kier molecular flexibility index (Phi) is 14.1. The Morgan fingerprint density at radius 3 is 1.71 bits per heavy atom. The molecule has 2 atom stereocenters. The van der Waals surface area contributed by atoms with Crippen LogP contribution in [-0.2, 0) is 31.0 Å². The van der Waals surface area contributed by atoms with Gasteiger partial charge in [-0.05, 0) is 30.8 Å². The Hall–Kier alpha value is -4.37. The quantitative estimate of drug-likeness (QED) is 0.210. The molecule has 0 aliphatic rings. The molecule has 0 saturated carbocycles. The number of amides is 2. The van der Waals surface area contributed by atoms with Crippen LogP contribution in [0.5, 0.6) is 0 Å². The molecule has 3 rings (SSSR count). The summed E-state index contributed by atoms with van der Waals surface area (Å²) in [7, 11) is 4.10. The molecule has 226 valence electrons. The van der Waals surface area contributed by atoms with Gasteiger partial charge in [0.1, 0.15) is 18.8 Å². The van der Waals surface area contributed by atoms with E-state index in [2.05, 4.69) is 50.2 Å². The second-order valence-electron chi connectivity index (χ2n) is 10.3. The van der Waals surface area contributed by atoms with E-state index < -0.39 is 17.8 Å². The molecule has 0 radical (unpaired) electrons. The predicted molar refractivity (Wildman–Crippen MR) is 163 cm³/mol. The van der Waals surface area contributed by atoms with Crippen LogP contribution >= 0.6 is 0 Å². The highest BCUT2D eigenvalue weighted by Crippen LogP contribution is 2.38. The average Bonchev–Trinajstić information content (AvgIpc) is 2.98. The number of esters is 1. The number of ether oxygens (including phenoxy) is 3. The SMILES string of the molecule is CCC(=O)O[C@](Cc1ccccc1)(c1ccccc1)[C@H](C)CN(C)C.NC(=O)OCC(COC(N)=O)c1ccccc1. The standard InChI is InChI=1S/C22H29NO2.C11H14N2O4/c1-5-21(24)25-22(18(2)17-23(3)4,20-14-10-7-11-15-20)16-19-12-8-6-9-13-19;12-10(14)16-6-9(7-17-11(13)15)8-4-2-1-3-5-8/h6-15,18H,5,16-17H2,1-4H3;1-5,9H,6-7H2,(H2,12,14)(H2,13,15)/t18-,22+;/m1./s1. The van der Waals surface area contributed by atoms with Crippen LogP contribution in [0.2, 0.25) is 0 Å². The van der Waals surface area contributed by atoms with Gasteiger partial charge in [0.25, 0.3) is 0 Å². The molecule has 0 unspecified atom stereocenters. The van der Waals surface area contributed by atoms with Crippen molar-refractivity contribution in [2.45, 2.75) is 38.2 Å². The summed E-state index contributed by atoms with van der Waals surface area (Å²) in [5, 5.41) is 0. The molecule has 0 bridgehead atoms. The van der Waals surface area contributed by atoms with E-state index >= 15 is 0 Å². The third-order valence-corrected chi connectivity index (χ3v) is 6.72. The molecule has 42 heavy (non-hydrogen) atoms. The van der Waals surface area contributed by atoms with Crippen molar-refractivity contribution in [1.82, 2.24) is 4.90 Å². The number of benzene rings is 3. The van der Waals surface area contributed by atoms with Crippen LogP contribution in [0.1, 0.15) is 42.9 Å². The Morgan fingerprint density at radius 1 is 0.786 bits per heavy atom. The first-order valence-electron chi connectivity index (χ1n) is 13.9. The highest BCUT2D eigenvalue weighted by atomic mass is 16.6. The van der Waals surface area contributed by atoms with Crippen molar-refractivity contribution in [1.29, 1.82) is 0 Å². The fourth-order valence-corrected chi connectivity index (χ4v) is 4.68. The molecule has 0 fully saturated rings. The number of nitrogens with two attached hydrogens (primary N) is 2. The number of carbonyl (C=O) groups excluding carboxylic acids is 3. The molecule has 0 aliphatic carbocycles. The van der Waals surface area contributed by atoms with Crippen LogP contribution < -0.4 is 11.5 Å². The second kappa shape index (κ2) is 17.4. The van der Waals surface area contributed by atoms with Gasteiger partial charge < -0.3 is 30.6 Å². The molecule has 0 saturated heterocycles. The first-order valence-corrected chi connectivity index (χ1v) is 13.9. The molecular formula is C33H43N3O6. The minimum absolute atomic E-state index is 0.0344. The number of rotatable bonds is 13. The van der Waals surface area contributed by atoms with Gasteiger partial charge >= 0.3 is 18.2 Å². The zero-order valence-corrected chi connectivity index (χ0v) is 24.9. The number of nitrogens with zero attached hydrogens (tertiary/aromatic N) is 1. The summed E-state index contributed by atoms with van der Waals surface area (Å²) in [5.74, 6) is -0.304. The van der Waals surface area contributed by atoms with Crippen LogP contribution in [0.4, 0.5) is 9.59 Å². The van der Waals surface area contributed by atoms with Gasteiger partial charge in [-0.3, -0.25) is 4.79 Å². The summed E-state index contributed by atoms with van der Waals surface area (Å²) < 4.78 is 15.6. The van der Waals surface area contributed by atoms with Crippen molar-refractivity contribution in [2.75, 3.05) is 33.9 Å². The Labute approximate surface area is 248 Å². The summed E-state index contributed by atoms with van der Waals surface area (Å²) in [6, 6.07) is 29.6. The largest absolute Gasteiger partial charge is 0.453 e. The van der Waals surface area contributed by atoms with Crippen LogP contribution in [0.15, 0.2) is 91.0 Å². The van der Waals surface area contributed by atoms with Crippen LogP contribution in [0.3, 0.4) is 0 Å². The highest BCUT2D eigenvalue weighted by molar-refractivity contribution is 5.70. The van der Waals surface area contributed by atoms with Crippen molar-refractivity contribution in [3.63, 3.8) is 0 Å². The molecule has 9 heteroatoms. The molecular weight excluding hydrogens is 534 g/mol.